The van der Waals surface area contributed by atoms with Crippen LogP contribution in [0.3, 0.4) is 0 Å². The van der Waals surface area contributed by atoms with Gasteiger partial charge in [0.15, 0.2) is 0 Å². The molecule has 1 N–H and O–H groups in total. The van der Waals surface area contributed by atoms with Crippen LogP contribution in [0.4, 0.5) is 0 Å². The van der Waals surface area contributed by atoms with Gasteiger partial charge in [-0.05, 0) is 52.4 Å². The van der Waals surface area contributed by atoms with Crippen LogP contribution in [-0.2, 0) is 11.3 Å². The lowest BCUT2D eigenvalue weighted by atomic mass is 10.1. The minimum Gasteiger partial charge on any atom is -0.467 e. The smallest absolute Gasteiger partial charge is 0.262 e. The van der Waals surface area contributed by atoms with E-state index in [1.807, 2.05) is 30.3 Å². The Morgan fingerprint density at radius 1 is 1.35 bits per heavy atom. The summed E-state index contributed by atoms with van der Waals surface area (Å²) in [4.78, 5) is 11.9. The van der Waals surface area contributed by atoms with Crippen molar-refractivity contribution in [2.75, 3.05) is 0 Å². The molecule has 2 rings (SSSR count). The zero-order chi connectivity index (χ0) is 14.4. The number of amides is 1. The molecule has 0 atom stereocenters. The van der Waals surface area contributed by atoms with E-state index in [9.17, 15) is 4.79 Å². The van der Waals surface area contributed by atoms with Crippen LogP contribution in [0.25, 0.3) is 6.08 Å². The molecule has 0 radical (unpaired) electrons. The van der Waals surface area contributed by atoms with E-state index < -0.39 is 5.91 Å². The Balaban J connectivity index is 2.10. The third-order valence-corrected chi connectivity index (χ3v) is 3.56. The standard InChI is InChI=1S/C15H11IN2O2/c16-14-6-2-1-4-11(14)8-12(9-17)15(19)18-10-13-5-3-7-20-13/h1-8H,10H2,(H,18,19)/b12-8+. The van der Waals surface area contributed by atoms with E-state index in [4.69, 9.17) is 9.68 Å². The predicted molar refractivity (Wildman–Crippen MR) is 83.3 cm³/mol. The summed E-state index contributed by atoms with van der Waals surface area (Å²) < 4.78 is 6.10. The van der Waals surface area contributed by atoms with Gasteiger partial charge < -0.3 is 9.73 Å². The zero-order valence-corrected chi connectivity index (χ0v) is 12.6. The molecule has 0 aliphatic heterocycles. The van der Waals surface area contributed by atoms with E-state index >= 15 is 0 Å². The van der Waals surface area contributed by atoms with E-state index in [0.29, 0.717) is 5.76 Å². The molecule has 0 fully saturated rings. The average Bonchev–Trinajstić information content (AvgIpc) is 2.97. The Kier molecular flexibility index (Phi) is 4.96. The molecule has 0 unspecified atom stereocenters. The van der Waals surface area contributed by atoms with Crippen LogP contribution in [0.5, 0.6) is 0 Å². The third-order valence-electron chi connectivity index (χ3n) is 2.57. The SMILES string of the molecule is N#C/C(=C\c1ccccc1I)C(=O)NCc1ccco1. The molecule has 100 valence electrons. The van der Waals surface area contributed by atoms with Crippen molar-refractivity contribution < 1.29 is 9.21 Å². The van der Waals surface area contributed by atoms with Crippen LogP contribution in [0.15, 0.2) is 52.7 Å². The summed E-state index contributed by atoms with van der Waals surface area (Å²) in [5, 5.41) is 11.8. The fourth-order valence-corrected chi connectivity index (χ4v) is 2.12. The molecule has 2 aromatic rings. The quantitative estimate of drug-likeness (QED) is 0.505. The first-order valence-corrected chi connectivity index (χ1v) is 6.95. The molecule has 0 aliphatic carbocycles. The van der Waals surface area contributed by atoms with E-state index in [1.54, 1.807) is 18.2 Å². The summed E-state index contributed by atoms with van der Waals surface area (Å²) in [5.74, 6) is 0.230. The van der Waals surface area contributed by atoms with E-state index in [0.717, 1.165) is 9.13 Å². The number of furan rings is 1. The molecule has 1 aromatic heterocycles. The number of hydrogen-bond donors (Lipinski definition) is 1. The normalized spacial score (nSPS) is 10.9. The van der Waals surface area contributed by atoms with Gasteiger partial charge in [-0.25, -0.2) is 0 Å². The monoisotopic (exact) mass is 378 g/mol. The first-order valence-electron chi connectivity index (χ1n) is 5.87. The van der Waals surface area contributed by atoms with Crippen LogP contribution < -0.4 is 5.32 Å². The van der Waals surface area contributed by atoms with Crippen molar-refractivity contribution in [1.29, 1.82) is 5.26 Å². The first kappa shape index (κ1) is 14.3. The van der Waals surface area contributed by atoms with Crippen molar-refractivity contribution in [1.82, 2.24) is 5.32 Å². The molecular weight excluding hydrogens is 367 g/mol. The van der Waals surface area contributed by atoms with Crippen LogP contribution in [0, 0.1) is 14.9 Å². The maximum atomic E-state index is 11.9. The lowest BCUT2D eigenvalue weighted by Crippen LogP contribution is -2.23. The fraction of sp³-hybridized carbons (Fsp3) is 0.0667. The summed E-state index contributed by atoms with van der Waals surface area (Å²) in [6, 6.07) is 13.0. The number of hydrogen-bond acceptors (Lipinski definition) is 3. The number of rotatable bonds is 4. The van der Waals surface area contributed by atoms with Crippen LogP contribution in [0.1, 0.15) is 11.3 Å². The van der Waals surface area contributed by atoms with Crippen molar-refractivity contribution >= 4 is 34.6 Å². The highest BCUT2D eigenvalue weighted by molar-refractivity contribution is 14.1. The predicted octanol–water partition coefficient (Wildman–Crippen LogP) is 3.11. The zero-order valence-electron chi connectivity index (χ0n) is 10.5. The second kappa shape index (κ2) is 6.91. The minimum absolute atomic E-state index is 0.0701. The molecule has 1 heterocycles. The van der Waals surface area contributed by atoms with Gasteiger partial charge in [-0.15, -0.1) is 0 Å². The molecule has 20 heavy (non-hydrogen) atoms. The topological polar surface area (TPSA) is 66.0 Å². The number of carbonyl (C=O) groups excluding carboxylic acids is 1. The van der Waals surface area contributed by atoms with Gasteiger partial charge in [0.2, 0.25) is 0 Å². The van der Waals surface area contributed by atoms with Gasteiger partial charge in [-0.1, -0.05) is 18.2 Å². The van der Waals surface area contributed by atoms with E-state index in [2.05, 4.69) is 27.9 Å². The molecular formula is C15H11IN2O2. The van der Waals surface area contributed by atoms with E-state index in [-0.39, 0.29) is 12.1 Å². The molecule has 4 nitrogen and oxygen atoms in total. The maximum absolute atomic E-state index is 11.9. The van der Waals surface area contributed by atoms with Gasteiger partial charge in [0.1, 0.15) is 17.4 Å². The van der Waals surface area contributed by atoms with Crippen LogP contribution in [-0.4, -0.2) is 5.91 Å². The highest BCUT2D eigenvalue weighted by Crippen LogP contribution is 2.15. The van der Waals surface area contributed by atoms with Gasteiger partial charge in [0.05, 0.1) is 12.8 Å². The molecule has 0 saturated carbocycles. The van der Waals surface area contributed by atoms with Gasteiger partial charge in [0.25, 0.3) is 5.91 Å². The van der Waals surface area contributed by atoms with Gasteiger partial charge in [-0.2, -0.15) is 5.26 Å². The Morgan fingerprint density at radius 3 is 2.80 bits per heavy atom. The Morgan fingerprint density at radius 2 is 2.15 bits per heavy atom. The number of halogens is 1. The summed E-state index contributed by atoms with van der Waals surface area (Å²) in [6.07, 6.45) is 3.12. The lowest BCUT2D eigenvalue weighted by Gasteiger charge is -2.03. The number of nitrogens with zero attached hydrogens (tertiary/aromatic N) is 1. The Labute approximate surface area is 130 Å². The molecule has 0 aliphatic rings. The number of carbonyl (C=O) groups is 1. The second-order valence-corrected chi connectivity index (χ2v) is 5.12. The molecule has 1 amide bonds. The highest BCUT2D eigenvalue weighted by atomic mass is 127. The molecule has 5 heteroatoms. The van der Waals surface area contributed by atoms with Crippen molar-refractivity contribution in [2.45, 2.75) is 6.54 Å². The minimum atomic E-state index is -0.413. The summed E-state index contributed by atoms with van der Waals surface area (Å²) >= 11 is 2.16. The Hall–Kier alpha value is -2.07. The van der Waals surface area contributed by atoms with Crippen molar-refractivity contribution in [3.63, 3.8) is 0 Å². The van der Waals surface area contributed by atoms with Crippen LogP contribution in [0.2, 0.25) is 0 Å². The third kappa shape index (κ3) is 3.71. The molecule has 0 bridgehead atoms. The van der Waals surface area contributed by atoms with Gasteiger partial charge >= 0.3 is 0 Å². The largest absolute Gasteiger partial charge is 0.467 e. The Bertz CT molecular complexity index is 669. The van der Waals surface area contributed by atoms with Crippen LogP contribution >= 0.6 is 22.6 Å². The van der Waals surface area contributed by atoms with Crippen molar-refractivity contribution in [2.24, 2.45) is 0 Å². The first-order chi connectivity index (χ1) is 9.70. The molecule has 0 saturated heterocycles. The number of nitrogens with one attached hydrogen (secondary N) is 1. The fourth-order valence-electron chi connectivity index (χ4n) is 1.57. The van der Waals surface area contributed by atoms with Gasteiger partial charge in [-0.3, -0.25) is 4.79 Å². The van der Waals surface area contributed by atoms with Crippen molar-refractivity contribution in [3.05, 3.63) is 63.1 Å². The van der Waals surface area contributed by atoms with Crippen molar-refractivity contribution in [3.8, 4) is 6.07 Å². The molecule has 1 aromatic carbocycles. The average molecular weight is 378 g/mol. The number of nitriles is 1. The highest BCUT2D eigenvalue weighted by Gasteiger charge is 2.10. The van der Waals surface area contributed by atoms with Gasteiger partial charge in [0, 0.05) is 3.57 Å². The number of benzene rings is 1. The molecule has 0 spiro atoms. The summed E-state index contributed by atoms with van der Waals surface area (Å²) in [6.45, 7) is 0.261. The maximum Gasteiger partial charge on any atom is 0.262 e. The van der Waals surface area contributed by atoms with E-state index in [1.165, 1.54) is 6.26 Å². The second-order valence-electron chi connectivity index (χ2n) is 3.95. The summed E-state index contributed by atoms with van der Waals surface area (Å²) in [5.41, 5.74) is 0.915. The lowest BCUT2D eigenvalue weighted by molar-refractivity contribution is -0.117. The summed E-state index contributed by atoms with van der Waals surface area (Å²) in [7, 11) is 0.